The van der Waals surface area contributed by atoms with E-state index >= 15 is 0 Å². The van der Waals surface area contributed by atoms with Crippen molar-refractivity contribution in [2.24, 2.45) is 10.4 Å². The molecular weight excluding hydrogens is 455 g/mol. The van der Waals surface area contributed by atoms with Gasteiger partial charge in [0, 0.05) is 38.9 Å². The smallest absolute Gasteiger partial charge is 0.190 e. The average Bonchev–Trinajstić information content (AvgIpc) is 3.23. The largest absolute Gasteiger partial charge is 0.382 e. The molecule has 156 valence electrons. The van der Waals surface area contributed by atoms with Crippen molar-refractivity contribution in [1.82, 2.24) is 15.8 Å². The van der Waals surface area contributed by atoms with Gasteiger partial charge in [0.1, 0.15) is 5.76 Å². The Morgan fingerprint density at radius 3 is 2.59 bits per heavy atom. The van der Waals surface area contributed by atoms with Crippen molar-refractivity contribution in [3.05, 3.63) is 17.0 Å². The van der Waals surface area contributed by atoms with Crippen LogP contribution in [0.2, 0.25) is 0 Å². The molecule has 1 aliphatic rings. The average molecular weight is 492 g/mol. The second-order valence-electron chi connectivity index (χ2n) is 7.41. The fourth-order valence-electron chi connectivity index (χ4n) is 3.90. The zero-order valence-electron chi connectivity index (χ0n) is 17.4. The van der Waals surface area contributed by atoms with Crippen LogP contribution in [0.3, 0.4) is 0 Å². The number of halogens is 1. The predicted octanol–water partition coefficient (Wildman–Crippen LogP) is 3.99. The lowest BCUT2D eigenvalue weighted by Crippen LogP contribution is -2.43. The molecule has 0 aliphatic heterocycles. The molecule has 0 bridgehead atoms. The second kappa shape index (κ2) is 12.6. The van der Waals surface area contributed by atoms with Gasteiger partial charge in [0.05, 0.1) is 5.69 Å². The number of aromatic nitrogens is 1. The van der Waals surface area contributed by atoms with Gasteiger partial charge in [0.15, 0.2) is 5.96 Å². The number of guanidine groups is 1. The van der Waals surface area contributed by atoms with Crippen molar-refractivity contribution in [2.45, 2.75) is 65.7 Å². The Balaban J connectivity index is 0.00000364. The second-order valence-corrected chi connectivity index (χ2v) is 7.41. The minimum Gasteiger partial charge on any atom is -0.382 e. The predicted molar refractivity (Wildman–Crippen MR) is 121 cm³/mol. The Morgan fingerprint density at radius 2 is 2.00 bits per heavy atom. The Labute approximate surface area is 181 Å². The quantitative estimate of drug-likeness (QED) is 0.224. The van der Waals surface area contributed by atoms with Gasteiger partial charge in [-0.25, -0.2) is 0 Å². The van der Waals surface area contributed by atoms with Gasteiger partial charge in [-0.05, 0) is 58.3 Å². The van der Waals surface area contributed by atoms with Crippen molar-refractivity contribution in [3.8, 4) is 0 Å². The monoisotopic (exact) mass is 492 g/mol. The van der Waals surface area contributed by atoms with Gasteiger partial charge in [-0.3, -0.25) is 4.99 Å². The first-order valence-electron chi connectivity index (χ1n) is 10.0. The molecular formula is C20H37IN4O2. The summed E-state index contributed by atoms with van der Waals surface area (Å²) in [6, 6.07) is 0. The van der Waals surface area contributed by atoms with Gasteiger partial charge in [0.25, 0.3) is 0 Å². The molecule has 0 unspecified atom stereocenters. The van der Waals surface area contributed by atoms with Crippen LogP contribution in [0.15, 0.2) is 9.52 Å². The molecule has 0 spiro atoms. The highest BCUT2D eigenvalue weighted by Crippen LogP contribution is 2.40. The highest BCUT2D eigenvalue weighted by Gasteiger charge is 2.33. The van der Waals surface area contributed by atoms with Crippen LogP contribution < -0.4 is 10.6 Å². The van der Waals surface area contributed by atoms with E-state index < -0.39 is 0 Å². The minimum absolute atomic E-state index is 0. The van der Waals surface area contributed by atoms with Crippen molar-refractivity contribution >= 4 is 29.9 Å². The van der Waals surface area contributed by atoms with Crippen LogP contribution >= 0.6 is 24.0 Å². The molecule has 0 amide bonds. The summed E-state index contributed by atoms with van der Waals surface area (Å²) in [7, 11) is 1.84. The fraction of sp³-hybridized carbons (Fsp3) is 0.800. The van der Waals surface area contributed by atoms with E-state index in [1.165, 1.54) is 31.2 Å². The zero-order chi connectivity index (χ0) is 18.8. The third-order valence-electron chi connectivity index (χ3n) is 5.58. The van der Waals surface area contributed by atoms with Crippen LogP contribution in [0.1, 0.15) is 62.5 Å². The summed E-state index contributed by atoms with van der Waals surface area (Å²) in [6.07, 6.45) is 8.38. The molecule has 1 aliphatic carbocycles. The number of hydrogen-bond acceptors (Lipinski definition) is 4. The third kappa shape index (κ3) is 7.60. The number of aryl methyl sites for hydroxylation is 2. The van der Waals surface area contributed by atoms with Gasteiger partial charge >= 0.3 is 0 Å². The topological polar surface area (TPSA) is 71.7 Å². The Kier molecular flexibility index (Phi) is 11.3. The maximum Gasteiger partial charge on any atom is 0.190 e. The zero-order valence-corrected chi connectivity index (χ0v) is 19.7. The van der Waals surface area contributed by atoms with Crippen molar-refractivity contribution in [3.63, 3.8) is 0 Å². The van der Waals surface area contributed by atoms with E-state index in [9.17, 15) is 0 Å². The first kappa shape index (κ1) is 24.2. The number of hydrogen-bond donors (Lipinski definition) is 2. The van der Waals surface area contributed by atoms with E-state index in [4.69, 9.17) is 9.26 Å². The molecule has 0 atom stereocenters. The molecule has 1 aromatic heterocycles. The summed E-state index contributed by atoms with van der Waals surface area (Å²) < 4.78 is 10.8. The van der Waals surface area contributed by atoms with Crippen molar-refractivity contribution < 1.29 is 9.26 Å². The third-order valence-corrected chi connectivity index (χ3v) is 5.58. The first-order valence-corrected chi connectivity index (χ1v) is 10.0. The molecule has 1 fully saturated rings. The molecule has 1 saturated carbocycles. The van der Waals surface area contributed by atoms with E-state index in [0.29, 0.717) is 5.41 Å². The molecule has 0 saturated heterocycles. The van der Waals surface area contributed by atoms with Crippen LogP contribution in [0.25, 0.3) is 0 Å². The Hall–Kier alpha value is -0.830. The lowest BCUT2D eigenvalue weighted by molar-refractivity contribution is 0.105. The van der Waals surface area contributed by atoms with E-state index in [1.54, 1.807) is 0 Å². The van der Waals surface area contributed by atoms with E-state index in [1.807, 2.05) is 20.9 Å². The first-order chi connectivity index (χ1) is 12.6. The number of nitrogens with one attached hydrogen (secondary N) is 2. The SMILES string of the molecule is CCOCCC1(CNC(=NC)NCCCc2c(C)noc2C)CCCC1.I. The van der Waals surface area contributed by atoms with Crippen LogP contribution in [0, 0.1) is 19.3 Å². The molecule has 6 nitrogen and oxygen atoms in total. The molecule has 2 N–H and O–H groups in total. The number of rotatable bonds is 10. The Morgan fingerprint density at radius 1 is 1.26 bits per heavy atom. The van der Waals surface area contributed by atoms with Crippen LogP contribution in [0.5, 0.6) is 0 Å². The van der Waals surface area contributed by atoms with Crippen molar-refractivity contribution in [2.75, 3.05) is 33.4 Å². The maximum absolute atomic E-state index is 5.60. The number of nitrogens with zero attached hydrogens (tertiary/aromatic N) is 2. The molecule has 7 heteroatoms. The summed E-state index contributed by atoms with van der Waals surface area (Å²) >= 11 is 0. The number of ether oxygens (including phenoxy) is 1. The summed E-state index contributed by atoms with van der Waals surface area (Å²) in [5.41, 5.74) is 2.60. The summed E-state index contributed by atoms with van der Waals surface area (Å²) in [5, 5.41) is 11.0. The normalized spacial score (nSPS) is 16.2. The molecule has 0 radical (unpaired) electrons. The molecule has 2 rings (SSSR count). The van der Waals surface area contributed by atoms with Gasteiger partial charge in [-0.15, -0.1) is 24.0 Å². The van der Waals surface area contributed by atoms with E-state index in [-0.39, 0.29) is 24.0 Å². The van der Waals surface area contributed by atoms with Gasteiger partial charge < -0.3 is 19.9 Å². The fourth-order valence-corrected chi connectivity index (χ4v) is 3.90. The standard InChI is InChI=1S/C20H36N4O2.HI/c1-5-25-14-12-20(10-6-7-11-20)15-23-19(21-4)22-13-8-9-18-16(2)24-26-17(18)3;/h5-15H2,1-4H3,(H2,21,22,23);1H. The lowest BCUT2D eigenvalue weighted by atomic mass is 9.83. The van der Waals surface area contributed by atoms with Crippen LogP contribution in [-0.2, 0) is 11.2 Å². The summed E-state index contributed by atoms with van der Waals surface area (Å²) in [5.74, 6) is 1.83. The molecule has 0 aromatic carbocycles. The maximum atomic E-state index is 5.60. The Bertz CT molecular complexity index is 549. The summed E-state index contributed by atoms with van der Waals surface area (Å²) in [6.45, 7) is 9.57. The highest BCUT2D eigenvalue weighted by atomic mass is 127. The van der Waals surface area contributed by atoms with Gasteiger partial charge in [-0.2, -0.15) is 0 Å². The molecule has 1 aromatic rings. The van der Waals surface area contributed by atoms with Gasteiger partial charge in [-0.1, -0.05) is 18.0 Å². The summed E-state index contributed by atoms with van der Waals surface area (Å²) in [4.78, 5) is 4.38. The van der Waals surface area contributed by atoms with Gasteiger partial charge in [0.2, 0.25) is 0 Å². The molecule has 27 heavy (non-hydrogen) atoms. The minimum atomic E-state index is 0. The van der Waals surface area contributed by atoms with Crippen LogP contribution in [-0.4, -0.2) is 44.5 Å². The highest BCUT2D eigenvalue weighted by molar-refractivity contribution is 14.0. The van der Waals surface area contributed by atoms with Crippen molar-refractivity contribution in [1.29, 1.82) is 0 Å². The van der Waals surface area contributed by atoms with E-state index in [0.717, 1.165) is 63.0 Å². The number of aliphatic imine (C=N–C) groups is 1. The van der Waals surface area contributed by atoms with Crippen LogP contribution in [0.4, 0.5) is 0 Å². The molecule has 1 heterocycles. The van der Waals surface area contributed by atoms with E-state index in [2.05, 4.69) is 27.7 Å². The lowest BCUT2D eigenvalue weighted by Gasteiger charge is -2.30.